The van der Waals surface area contributed by atoms with Gasteiger partial charge in [0.1, 0.15) is 0 Å². The molecule has 130 valence electrons. The quantitative estimate of drug-likeness (QED) is 0.709. The zero-order valence-corrected chi connectivity index (χ0v) is 14.6. The second-order valence-electron chi connectivity index (χ2n) is 7.53. The van der Waals surface area contributed by atoms with Gasteiger partial charge in [-0.15, -0.1) is 0 Å². The molecule has 0 bridgehead atoms. The maximum absolute atomic E-state index is 12.6. The van der Waals surface area contributed by atoms with Crippen LogP contribution in [0.3, 0.4) is 0 Å². The zero-order valence-electron chi connectivity index (χ0n) is 14.6. The van der Waals surface area contributed by atoms with Crippen LogP contribution in [-0.2, 0) is 6.42 Å². The predicted molar refractivity (Wildman–Crippen MR) is 99.7 cm³/mol. The van der Waals surface area contributed by atoms with Crippen molar-refractivity contribution in [2.75, 3.05) is 6.54 Å². The normalized spacial score (nSPS) is 18.1. The summed E-state index contributed by atoms with van der Waals surface area (Å²) < 4.78 is 0. The molecule has 2 aliphatic rings. The van der Waals surface area contributed by atoms with Crippen molar-refractivity contribution in [1.29, 1.82) is 0 Å². The van der Waals surface area contributed by atoms with Crippen LogP contribution >= 0.6 is 0 Å². The van der Waals surface area contributed by atoms with E-state index < -0.39 is 5.60 Å². The molecule has 0 unspecified atom stereocenters. The molecule has 0 spiro atoms. The van der Waals surface area contributed by atoms with Gasteiger partial charge in [-0.05, 0) is 53.6 Å². The van der Waals surface area contributed by atoms with E-state index >= 15 is 0 Å². The van der Waals surface area contributed by atoms with E-state index in [0.29, 0.717) is 12.1 Å². The van der Waals surface area contributed by atoms with Crippen molar-refractivity contribution in [1.82, 2.24) is 5.32 Å². The standard InChI is InChI=1S/C22H25NO2/c24-21(23-15-22(25)11-5-1-2-6-12-22)17-9-10-20-18(14-17)13-16-7-3-4-8-19(16)20/h3-4,7-10,14,25H,1-2,5-6,11-13,15H2,(H,23,24). The third kappa shape index (κ3) is 3.34. The van der Waals surface area contributed by atoms with Crippen LogP contribution in [0.4, 0.5) is 0 Å². The molecule has 0 aromatic heterocycles. The Kier molecular flexibility index (Phi) is 4.34. The summed E-state index contributed by atoms with van der Waals surface area (Å²) >= 11 is 0. The minimum atomic E-state index is -0.737. The fraction of sp³-hybridized carbons (Fsp3) is 0.409. The third-order valence-corrected chi connectivity index (χ3v) is 5.67. The lowest BCUT2D eigenvalue weighted by atomic mass is 9.94. The molecule has 3 nitrogen and oxygen atoms in total. The van der Waals surface area contributed by atoms with Gasteiger partial charge in [0.2, 0.25) is 0 Å². The Labute approximate surface area is 149 Å². The molecule has 4 rings (SSSR count). The smallest absolute Gasteiger partial charge is 0.251 e. The number of benzene rings is 2. The lowest BCUT2D eigenvalue weighted by Gasteiger charge is -2.26. The van der Waals surface area contributed by atoms with Gasteiger partial charge in [-0.1, -0.05) is 56.0 Å². The summed E-state index contributed by atoms with van der Waals surface area (Å²) in [6.45, 7) is 0.350. The number of hydrogen-bond acceptors (Lipinski definition) is 2. The van der Waals surface area contributed by atoms with Gasteiger partial charge in [0.15, 0.2) is 0 Å². The van der Waals surface area contributed by atoms with Gasteiger partial charge < -0.3 is 10.4 Å². The molecule has 0 saturated heterocycles. The van der Waals surface area contributed by atoms with Crippen molar-refractivity contribution in [3.8, 4) is 11.1 Å². The van der Waals surface area contributed by atoms with Crippen molar-refractivity contribution >= 4 is 5.91 Å². The van der Waals surface area contributed by atoms with Gasteiger partial charge in [-0.2, -0.15) is 0 Å². The Balaban J connectivity index is 1.46. The van der Waals surface area contributed by atoms with Crippen LogP contribution in [0.5, 0.6) is 0 Å². The van der Waals surface area contributed by atoms with E-state index in [4.69, 9.17) is 0 Å². The van der Waals surface area contributed by atoms with E-state index in [9.17, 15) is 9.90 Å². The number of fused-ring (bicyclic) bond motifs is 3. The largest absolute Gasteiger partial charge is 0.388 e. The average Bonchev–Trinajstić information content (AvgIpc) is 2.86. The molecule has 0 aliphatic heterocycles. The fourth-order valence-corrected chi connectivity index (χ4v) is 4.20. The topological polar surface area (TPSA) is 49.3 Å². The molecule has 3 heteroatoms. The summed E-state index contributed by atoms with van der Waals surface area (Å²) in [6.07, 6.45) is 6.91. The molecular weight excluding hydrogens is 310 g/mol. The first-order chi connectivity index (χ1) is 12.1. The van der Waals surface area contributed by atoms with E-state index in [1.54, 1.807) is 0 Å². The minimum Gasteiger partial charge on any atom is -0.388 e. The van der Waals surface area contributed by atoms with Crippen LogP contribution in [0, 0.1) is 0 Å². The van der Waals surface area contributed by atoms with Crippen LogP contribution in [0.2, 0.25) is 0 Å². The van der Waals surface area contributed by atoms with E-state index in [-0.39, 0.29) is 5.91 Å². The molecule has 0 radical (unpaired) electrons. The molecule has 0 heterocycles. The second kappa shape index (κ2) is 6.64. The van der Waals surface area contributed by atoms with Crippen molar-refractivity contribution in [3.05, 3.63) is 59.2 Å². The van der Waals surface area contributed by atoms with E-state index in [1.807, 2.05) is 12.1 Å². The molecule has 2 aliphatic carbocycles. The maximum atomic E-state index is 12.6. The molecule has 1 saturated carbocycles. The zero-order chi connectivity index (χ0) is 17.3. The fourth-order valence-electron chi connectivity index (χ4n) is 4.20. The van der Waals surface area contributed by atoms with Crippen LogP contribution < -0.4 is 5.32 Å². The summed E-state index contributed by atoms with van der Waals surface area (Å²) in [7, 11) is 0. The van der Waals surface area contributed by atoms with Gasteiger partial charge in [0.25, 0.3) is 5.91 Å². The van der Waals surface area contributed by atoms with Crippen LogP contribution in [0.1, 0.15) is 60.0 Å². The number of aliphatic hydroxyl groups is 1. The molecule has 1 fully saturated rings. The molecule has 25 heavy (non-hydrogen) atoms. The highest BCUT2D eigenvalue weighted by molar-refractivity contribution is 5.95. The molecular formula is C22H25NO2. The first kappa shape index (κ1) is 16.3. The second-order valence-corrected chi connectivity index (χ2v) is 7.53. The molecule has 2 aromatic rings. The number of carbonyl (C=O) groups is 1. The maximum Gasteiger partial charge on any atom is 0.251 e. The summed E-state index contributed by atoms with van der Waals surface area (Å²) in [4.78, 5) is 12.6. The Morgan fingerprint density at radius 1 is 0.960 bits per heavy atom. The van der Waals surface area contributed by atoms with E-state index in [1.165, 1.54) is 35.1 Å². The highest BCUT2D eigenvalue weighted by atomic mass is 16.3. The van der Waals surface area contributed by atoms with Crippen molar-refractivity contribution in [2.45, 2.75) is 50.5 Å². The monoisotopic (exact) mass is 335 g/mol. The summed E-state index contributed by atoms with van der Waals surface area (Å²) in [5.41, 5.74) is 4.99. The van der Waals surface area contributed by atoms with E-state index in [2.05, 4.69) is 35.6 Å². The number of amides is 1. The molecule has 0 atom stereocenters. The Morgan fingerprint density at radius 2 is 1.68 bits per heavy atom. The summed E-state index contributed by atoms with van der Waals surface area (Å²) in [5.74, 6) is -0.0866. The highest BCUT2D eigenvalue weighted by Gasteiger charge is 2.28. The van der Waals surface area contributed by atoms with Gasteiger partial charge in [0, 0.05) is 12.1 Å². The third-order valence-electron chi connectivity index (χ3n) is 5.67. The van der Waals surface area contributed by atoms with Crippen LogP contribution in [-0.4, -0.2) is 23.2 Å². The number of hydrogen-bond donors (Lipinski definition) is 2. The van der Waals surface area contributed by atoms with Gasteiger partial charge in [-0.3, -0.25) is 4.79 Å². The lowest BCUT2D eigenvalue weighted by molar-refractivity contribution is 0.0246. The average molecular weight is 335 g/mol. The van der Waals surface area contributed by atoms with Crippen molar-refractivity contribution < 1.29 is 9.90 Å². The number of nitrogens with one attached hydrogen (secondary N) is 1. The van der Waals surface area contributed by atoms with Crippen molar-refractivity contribution in [3.63, 3.8) is 0 Å². The Bertz CT molecular complexity index is 788. The van der Waals surface area contributed by atoms with Crippen molar-refractivity contribution in [2.24, 2.45) is 0 Å². The predicted octanol–water partition coefficient (Wildman–Crippen LogP) is 4.07. The molecule has 1 amide bonds. The van der Waals surface area contributed by atoms with Crippen LogP contribution in [0.15, 0.2) is 42.5 Å². The first-order valence-corrected chi connectivity index (χ1v) is 9.36. The van der Waals surface area contributed by atoms with Gasteiger partial charge in [-0.25, -0.2) is 0 Å². The number of rotatable bonds is 3. The van der Waals surface area contributed by atoms with Gasteiger partial charge in [0.05, 0.1) is 5.60 Å². The van der Waals surface area contributed by atoms with Crippen LogP contribution in [0.25, 0.3) is 11.1 Å². The minimum absolute atomic E-state index is 0.0866. The van der Waals surface area contributed by atoms with E-state index in [0.717, 1.165) is 32.1 Å². The number of carbonyl (C=O) groups excluding carboxylic acids is 1. The Hall–Kier alpha value is -2.13. The lowest BCUT2D eigenvalue weighted by Crippen LogP contribution is -2.42. The molecule has 2 aromatic carbocycles. The van der Waals surface area contributed by atoms with Gasteiger partial charge >= 0.3 is 0 Å². The summed E-state index contributed by atoms with van der Waals surface area (Å²) in [6, 6.07) is 14.4. The Morgan fingerprint density at radius 3 is 2.48 bits per heavy atom. The SMILES string of the molecule is O=C(NCC1(O)CCCCCC1)c1ccc2c(c1)Cc1ccccc1-2. The molecule has 2 N–H and O–H groups in total. The summed E-state index contributed by atoms with van der Waals surface area (Å²) in [5, 5.41) is 13.7. The highest BCUT2D eigenvalue weighted by Crippen LogP contribution is 2.36. The first-order valence-electron chi connectivity index (χ1n) is 9.36.